The minimum Gasteiger partial charge on any atom is -0.456 e. The van der Waals surface area contributed by atoms with Crippen LogP contribution in [0.1, 0.15) is 25.0 Å². The summed E-state index contributed by atoms with van der Waals surface area (Å²) < 4.78 is 6.24. The molecule has 0 unspecified atom stereocenters. The molecular weight excluding hydrogens is 667 g/mol. The molecule has 0 bridgehead atoms. The molecule has 0 saturated heterocycles. The number of hydrogen-bond donors (Lipinski definition) is 0. The highest BCUT2D eigenvalue weighted by Gasteiger charge is 2.35. The molecule has 55 heavy (non-hydrogen) atoms. The molecule has 0 spiro atoms. The maximum absolute atomic E-state index is 6.24. The van der Waals surface area contributed by atoms with Crippen molar-refractivity contribution in [3.8, 4) is 33.4 Å². The maximum Gasteiger partial charge on any atom is 0.136 e. The molecule has 0 fully saturated rings. The van der Waals surface area contributed by atoms with Gasteiger partial charge in [0.2, 0.25) is 0 Å². The molecule has 1 aliphatic carbocycles. The molecule has 0 N–H and O–H groups in total. The van der Waals surface area contributed by atoms with Gasteiger partial charge in [-0.1, -0.05) is 147 Å². The molecule has 0 radical (unpaired) electrons. The monoisotopic (exact) mass is 703 g/mol. The first-order chi connectivity index (χ1) is 27.0. The molecule has 1 aromatic heterocycles. The lowest BCUT2D eigenvalue weighted by atomic mass is 9.82. The van der Waals surface area contributed by atoms with Gasteiger partial charge < -0.3 is 9.32 Å². The van der Waals surface area contributed by atoms with Crippen LogP contribution in [0.2, 0.25) is 0 Å². The van der Waals surface area contributed by atoms with Gasteiger partial charge in [-0.3, -0.25) is 0 Å². The maximum atomic E-state index is 6.24. The molecule has 2 heteroatoms. The van der Waals surface area contributed by atoms with E-state index in [1.54, 1.807) is 0 Å². The summed E-state index contributed by atoms with van der Waals surface area (Å²) in [5, 5.41) is 7.17. The van der Waals surface area contributed by atoms with E-state index in [2.05, 4.69) is 195 Å². The second-order valence-electron chi connectivity index (χ2n) is 15.3. The normalized spacial score (nSPS) is 13.1. The Bertz CT molecular complexity index is 3120. The second kappa shape index (κ2) is 12.1. The summed E-state index contributed by atoms with van der Waals surface area (Å²) >= 11 is 0. The molecule has 9 aromatic carbocycles. The number of furan rings is 1. The van der Waals surface area contributed by atoms with Crippen molar-refractivity contribution >= 4 is 60.5 Å². The molecule has 10 aromatic rings. The van der Waals surface area contributed by atoms with E-state index >= 15 is 0 Å². The van der Waals surface area contributed by atoms with Crippen LogP contribution in [0, 0.1) is 0 Å². The Balaban J connectivity index is 1.06. The van der Waals surface area contributed by atoms with Crippen LogP contribution in [0.5, 0.6) is 0 Å². The lowest BCUT2D eigenvalue weighted by Crippen LogP contribution is -2.16. The number of anilines is 3. The van der Waals surface area contributed by atoms with Gasteiger partial charge in [-0.05, 0) is 121 Å². The van der Waals surface area contributed by atoms with Gasteiger partial charge in [0.25, 0.3) is 0 Å². The minimum absolute atomic E-state index is 0.109. The Kier molecular flexibility index (Phi) is 6.93. The number of benzene rings is 9. The summed E-state index contributed by atoms with van der Waals surface area (Å²) in [7, 11) is 0. The Morgan fingerprint density at radius 1 is 0.364 bits per heavy atom. The van der Waals surface area contributed by atoms with E-state index in [4.69, 9.17) is 4.42 Å². The quantitative estimate of drug-likeness (QED) is 0.177. The van der Waals surface area contributed by atoms with Crippen LogP contribution in [-0.2, 0) is 5.41 Å². The van der Waals surface area contributed by atoms with Gasteiger partial charge in [-0.2, -0.15) is 0 Å². The van der Waals surface area contributed by atoms with E-state index in [1.165, 1.54) is 66.1 Å². The summed E-state index contributed by atoms with van der Waals surface area (Å²) in [6.45, 7) is 4.71. The molecule has 0 aliphatic heterocycles. The van der Waals surface area contributed by atoms with Crippen LogP contribution in [-0.4, -0.2) is 0 Å². The predicted octanol–water partition coefficient (Wildman–Crippen LogP) is 15.0. The first-order valence-electron chi connectivity index (χ1n) is 19.1. The highest BCUT2D eigenvalue weighted by molar-refractivity contribution is 6.12. The fraction of sp³-hybridized carbons (Fsp3) is 0.0566. The SMILES string of the molecule is CC1(C)c2ccccc2-c2ccc(N(c3ccc(-c4cccc5cc6oc7ccccc7c6cc45)cc3)c3cccc(-c4cccc5ccccc45)c3)cc21. The lowest BCUT2D eigenvalue weighted by molar-refractivity contribution is 0.660. The van der Waals surface area contributed by atoms with Crippen molar-refractivity contribution < 1.29 is 4.42 Å². The van der Waals surface area contributed by atoms with E-state index in [9.17, 15) is 0 Å². The molecule has 1 aliphatic rings. The Morgan fingerprint density at radius 3 is 1.87 bits per heavy atom. The standard InChI is InChI=1S/C53H37NO/c1-53(2)49-22-7-5-18-44(49)45-29-28-40(32-50(45)53)54(39-16-9-14-36(30-39)43-21-10-13-34-12-3-4-17-41(34)43)38-26-24-35(25-27-38)42-20-11-15-37-31-52-48(33-47(37)42)46-19-6-8-23-51(46)55-52/h3-33H,1-2H3. The molecule has 11 rings (SSSR count). The first-order valence-corrected chi connectivity index (χ1v) is 19.1. The van der Waals surface area contributed by atoms with Gasteiger partial charge >= 0.3 is 0 Å². The molecule has 1 heterocycles. The van der Waals surface area contributed by atoms with Crippen LogP contribution in [0.25, 0.3) is 76.9 Å². The zero-order valence-corrected chi connectivity index (χ0v) is 30.8. The van der Waals surface area contributed by atoms with E-state index in [0.29, 0.717) is 0 Å². The summed E-state index contributed by atoms with van der Waals surface area (Å²) in [5.74, 6) is 0. The van der Waals surface area contributed by atoms with Crippen molar-refractivity contribution in [1.82, 2.24) is 0 Å². The largest absolute Gasteiger partial charge is 0.456 e. The zero-order chi connectivity index (χ0) is 36.7. The average molecular weight is 704 g/mol. The second-order valence-corrected chi connectivity index (χ2v) is 15.3. The fourth-order valence-electron chi connectivity index (χ4n) is 9.11. The van der Waals surface area contributed by atoms with Gasteiger partial charge in [0.1, 0.15) is 11.2 Å². The van der Waals surface area contributed by atoms with Gasteiger partial charge in [-0.25, -0.2) is 0 Å². The fourth-order valence-corrected chi connectivity index (χ4v) is 9.11. The number of nitrogens with zero attached hydrogens (tertiary/aromatic N) is 1. The van der Waals surface area contributed by atoms with Crippen LogP contribution in [0.4, 0.5) is 17.1 Å². The minimum atomic E-state index is -0.109. The highest BCUT2D eigenvalue weighted by atomic mass is 16.3. The summed E-state index contributed by atoms with van der Waals surface area (Å²) in [4.78, 5) is 2.42. The number of para-hydroxylation sites is 1. The van der Waals surface area contributed by atoms with Crippen molar-refractivity contribution in [2.75, 3.05) is 4.90 Å². The van der Waals surface area contributed by atoms with Crippen LogP contribution >= 0.6 is 0 Å². The van der Waals surface area contributed by atoms with Crippen LogP contribution in [0.3, 0.4) is 0 Å². The Morgan fingerprint density at radius 2 is 1.00 bits per heavy atom. The summed E-state index contributed by atoms with van der Waals surface area (Å²) in [5.41, 5.74) is 15.3. The molecule has 0 saturated carbocycles. The van der Waals surface area contributed by atoms with Crippen molar-refractivity contribution in [2.24, 2.45) is 0 Å². The number of hydrogen-bond acceptors (Lipinski definition) is 2. The van der Waals surface area contributed by atoms with Crippen LogP contribution in [0.15, 0.2) is 192 Å². The summed E-state index contributed by atoms with van der Waals surface area (Å²) in [6.07, 6.45) is 0. The third kappa shape index (κ3) is 4.95. The van der Waals surface area contributed by atoms with E-state index in [0.717, 1.165) is 39.0 Å². The molecule has 0 atom stereocenters. The topological polar surface area (TPSA) is 16.4 Å². The Labute approximate surface area is 320 Å². The third-order valence-electron chi connectivity index (χ3n) is 11.8. The van der Waals surface area contributed by atoms with E-state index < -0.39 is 0 Å². The molecular formula is C53H37NO. The van der Waals surface area contributed by atoms with Gasteiger partial charge in [0.05, 0.1) is 0 Å². The number of rotatable bonds is 5. The van der Waals surface area contributed by atoms with Crippen LogP contribution < -0.4 is 4.90 Å². The van der Waals surface area contributed by atoms with E-state index in [-0.39, 0.29) is 5.41 Å². The van der Waals surface area contributed by atoms with E-state index in [1.807, 2.05) is 12.1 Å². The summed E-state index contributed by atoms with van der Waals surface area (Å²) in [6, 6.07) is 68.6. The number of fused-ring (bicyclic) bond motifs is 8. The molecule has 260 valence electrons. The molecule has 2 nitrogen and oxygen atoms in total. The first kappa shape index (κ1) is 31.6. The molecule has 0 amide bonds. The Hall–Kier alpha value is -6.90. The van der Waals surface area contributed by atoms with Gasteiger partial charge in [0, 0.05) is 33.2 Å². The van der Waals surface area contributed by atoms with Crippen molar-refractivity contribution in [2.45, 2.75) is 19.3 Å². The van der Waals surface area contributed by atoms with Gasteiger partial charge in [-0.15, -0.1) is 0 Å². The lowest BCUT2D eigenvalue weighted by Gasteiger charge is -2.28. The highest BCUT2D eigenvalue weighted by Crippen LogP contribution is 2.51. The third-order valence-corrected chi connectivity index (χ3v) is 11.8. The predicted molar refractivity (Wildman–Crippen MR) is 232 cm³/mol. The van der Waals surface area contributed by atoms with Crippen molar-refractivity contribution in [3.05, 3.63) is 199 Å². The van der Waals surface area contributed by atoms with Gasteiger partial charge in [0.15, 0.2) is 0 Å². The smallest absolute Gasteiger partial charge is 0.136 e. The van der Waals surface area contributed by atoms with Crippen molar-refractivity contribution in [1.29, 1.82) is 0 Å². The zero-order valence-electron chi connectivity index (χ0n) is 30.8. The van der Waals surface area contributed by atoms with Crippen molar-refractivity contribution in [3.63, 3.8) is 0 Å². The average Bonchev–Trinajstić information content (AvgIpc) is 3.71.